The van der Waals surface area contributed by atoms with Crippen molar-refractivity contribution in [3.63, 3.8) is 0 Å². The van der Waals surface area contributed by atoms with E-state index in [0.717, 1.165) is 6.07 Å². The Balaban J connectivity index is 3.01. The third kappa shape index (κ3) is 4.80. The Labute approximate surface area is 133 Å². The van der Waals surface area contributed by atoms with Crippen molar-refractivity contribution in [1.82, 2.24) is 5.32 Å². The summed E-state index contributed by atoms with van der Waals surface area (Å²) in [6, 6.07) is 3.88. The molecule has 124 valence electrons. The summed E-state index contributed by atoms with van der Waals surface area (Å²) in [5.74, 6) is -1.28. The topological polar surface area (TPSA) is 102 Å². The number of benzene rings is 1. The summed E-state index contributed by atoms with van der Waals surface area (Å²) in [6.07, 6.45) is 0.466. The molecule has 1 aromatic rings. The van der Waals surface area contributed by atoms with Crippen LogP contribution in [0.3, 0.4) is 0 Å². The maximum atomic E-state index is 12.3. The number of amides is 1. The van der Waals surface area contributed by atoms with Gasteiger partial charge >= 0.3 is 5.97 Å². The summed E-state index contributed by atoms with van der Waals surface area (Å²) in [4.78, 5) is 35.9. The molecule has 0 aliphatic rings. The Morgan fingerprint density at radius 2 is 2.13 bits per heavy atom. The lowest BCUT2D eigenvalue weighted by Crippen LogP contribution is -2.36. The number of nitrogens with one attached hydrogen (secondary N) is 1. The van der Waals surface area contributed by atoms with E-state index in [9.17, 15) is 19.7 Å². The van der Waals surface area contributed by atoms with Crippen molar-refractivity contribution in [2.75, 3.05) is 25.5 Å². The molecule has 8 heteroatoms. The zero-order chi connectivity index (χ0) is 17.6. The standard InChI is InChI=1S/C15H19N3O5/c1-5-8-16-14(19)10(2)23-15(20)12-9-11(18(21)22)6-7-13(12)17(3)4/h5-7,9-10H,1,8H2,2-4H3,(H,16,19)/t10-/m0/s1. The van der Waals surface area contributed by atoms with Gasteiger partial charge in [0.2, 0.25) is 0 Å². The van der Waals surface area contributed by atoms with E-state index in [1.54, 1.807) is 19.0 Å². The minimum absolute atomic E-state index is 0.0209. The number of hydrogen-bond donors (Lipinski definition) is 1. The summed E-state index contributed by atoms with van der Waals surface area (Å²) in [5.41, 5.74) is 0.248. The van der Waals surface area contributed by atoms with Crippen LogP contribution in [0.2, 0.25) is 0 Å². The van der Waals surface area contributed by atoms with E-state index >= 15 is 0 Å². The molecule has 1 amide bonds. The lowest BCUT2D eigenvalue weighted by Gasteiger charge is -2.18. The molecule has 0 radical (unpaired) electrons. The minimum Gasteiger partial charge on any atom is -0.449 e. The largest absolute Gasteiger partial charge is 0.449 e. The highest BCUT2D eigenvalue weighted by Crippen LogP contribution is 2.25. The van der Waals surface area contributed by atoms with Crippen molar-refractivity contribution in [1.29, 1.82) is 0 Å². The van der Waals surface area contributed by atoms with E-state index in [2.05, 4.69) is 11.9 Å². The average molecular weight is 321 g/mol. The van der Waals surface area contributed by atoms with Gasteiger partial charge in [-0.15, -0.1) is 6.58 Å². The maximum absolute atomic E-state index is 12.3. The van der Waals surface area contributed by atoms with E-state index in [-0.39, 0.29) is 17.8 Å². The maximum Gasteiger partial charge on any atom is 0.341 e. The van der Waals surface area contributed by atoms with Gasteiger partial charge in [0.25, 0.3) is 11.6 Å². The quantitative estimate of drug-likeness (QED) is 0.353. The zero-order valence-corrected chi connectivity index (χ0v) is 13.2. The van der Waals surface area contributed by atoms with Crippen LogP contribution in [0, 0.1) is 10.1 Å². The van der Waals surface area contributed by atoms with Crippen molar-refractivity contribution in [3.8, 4) is 0 Å². The van der Waals surface area contributed by atoms with Gasteiger partial charge in [-0.25, -0.2) is 4.79 Å². The predicted octanol–water partition coefficient (Wildman–Crippen LogP) is 1.51. The number of esters is 1. The number of hydrogen-bond acceptors (Lipinski definition) is 6. The molecule has 0 saturated carbocycles. The molecule has 8 nitrogen and oxygen atoms in total. The molecule has 1 rings (SSSR count). The van der Waals surface area contributed by atoms with Crippen molar-refractivity contribution < 1.29 is 19.2 Å². The van der Waals surface area contributed by atoms with E-state index in [1.165, 1.54) is 25.1 Å². The van der Waals surface area contributed by atoms with Crippen LogP contribution in [0.4, 0.5) is 11.4 Å². The van der Waals surface area contributed by atoms with Crippen molar-refractivity contribution in [2.24, 2.45) is 0 Å². The lowest BCUT2D eigenvalue weighted by atomic mass is 10.1. The number of nitro benzene ring substituents is 1. The number of rotatable bonds is 7. The third-order valence-electron chi connectivity index (χ3n) is 2.97. The molecule has 0 saturated heterocycles. The van der Waals surface area contributed by atoms with Gasteiger partial charge in [-0.2, -0.15) is 0 Å². The fourth-order valence-electron chi connectivity index (χ4n) is 1.79. The first-order chi connectivity index (χ1) is 10.8. The zero-order valence-electron chi connectivity index (χ0n) is 13.2. The number of carbonyl (C=O) groups excluding carboxylic acids is 2. The molecule has 0 unspecified atom stereocenters. The van der Waals surface area contributed by atoms with E-state index in [1.807, 2.05) is 0 Å². The highest BCUT2D eigenvalue weighted by Gasteiger charge is 2.23. The van der Waals surface area contributed by atoms with Gasteiger partial charge in [-0.1, -0.05) is 6.08 Å². The van der Waals surface area contributed by atoms with Crippen molar-refractivity contribution >= 4 is 23.3 Å². The SMILES string of the molecule is C=CCNC(=O)[C@H](C)OC(=O)c1cc([N+](=O)[O-])ccc1N(C)C. The molecule has 0 spiro atoms. The number of carbonyl (C=O) groups is 2. The highest BCUT2D eigenvalue weighted by molar-refractivity contribution is 5.98. The molecule has 0 aromatic heterocycles. The first-order valence-corrected chi connectivity index (χ1v) is 6.83. The lowest BCUT2D eigenvalue weighted by molar-refractivity contribution is -0.384. The predicted molar refractivity (Wildman–Crippen MR) is 85.5 cm³/mol. The van der Waals surface area contributed by atoms with Crippen molar-refractivity contribution in [2.45, 2.75) is 13.0 Å². The number of anilines is 1. The molecule has 23 heavy (non-hydrogen) atoms. The number of ether oxygens (including phenoxy) is 1. The van der Waals surface area contributed by atoms with Gasteiger partial charge in [0.1, 0.15) is 0 Å². The van der Waals surface area contributed by atoms with Gasteiger partial charge in [0.05, 0.1) is 16.2 Å². The molecule has 0 fully saturated rings. The molecular weight excluding hydrogens is 302 g/mol. The minimum atomic E-state index is -1.03. The molecule has 1 N–H and O–H groups in total. The van der Waals surface area contributed by atoms with Crippen molar-refractivity contribution in [3.05, 3.63) is 46.5 Å². The van der Waals surface area contributed by atoms with Crippen LogP contribution in [-0.2, 0) is 9.53 Å². The van der Waals surface area contributed by atoms with Crippen LogP contribution in [0.5, 0.6) is 0 Å². The normalized spacial score (nSPS) is 11.3. The molecular formula is C15H19N3O5. The van der Waals surface area contributed by atoms with Crippen LogP contribution in [0.25, 0.3) is 0 Å². The Hall–Kier alpha value is -2.90. The fourth-order valence-corrected chi connectivity index (χ4v) is 1.79. The van der Waals surface area contributed by atoms with Gasteiger partial charge < -0.3 is 15.0 Å². The van der Waals surface area contributed by atoms with Gasteiger partial charge in [-0.05, 0) is 13.0 Å². The monoisotopic (exact) mass is 321 g/mol. The molecule has 0 heterocycles. The van der Waals surface area contributed by atoms with E-state index in [4.69, 9.17) is 4.74 Å². The molecule has 0 aliphatic heterocycles. The molecule has 0 aliphatic carbocycles. The molecule has 1 aromatic carbocycles. The first kappa shape index (κ1) is 18.1. The van der Waals surface area contributed by atoms with E-state index < -0.39 is 22.9 Å². The Kier molecular flexibility index (Phi) is 6.25. The smallest absolute Gasteiger partial charge is 0.341 e. The Morgan fingerprint density at radius 3 is 2.65 bits per heavy atom. The first-order valence-electron chi connectivity index (χ1n) is 6.83. The van der Waals surface area contributed by atoms with Gasteiger partial charge in [0.15, 0.2) is 6.10 Å². The average Bonchev–Trinajstić information content (AvgIpc) is 2.51. The number of non-ortho nitro benzene ring substituents is 1. The third-order valence-corrected chi connectivity index (χ3v) is 2.97. The Bertz CT molecular complexity index is 628. The van der Waals surface area contributed by atoms with Gasteiger partial charge in [-0.3, -0.25) is 14.9 Å². The number of nitrogens with zero attached hydrogens (tertiary/aromatic N) is 2. The molecule has 0 bridgehead atoms. The van der Waals surface area contributed by atoms with Crippen LogP contribution in [-0.4, -0.2) is 43.5 Å². The Morgan fingerprint density at radius 1 is 1.48 bits per heavy atom. The van der Waals surface area contributed by atoms with Crippen LogP contribution < -0.4 is 10.2 Å². The van der Waals surface area contributed by atoms with Gasteiger partial charge in [0, 0.05) is 32.8 Å². The number of nitro groups is 1. The van der Waals surface area contributed by atoms with Crippen LogP contribution >= 0.6 is 0 Å². The second kappa shape index (κ2) is 7.92. The summed E-state index contributed by atoms with van der Waals surface area (Å²) in [5, 5.41) is 13.4. The second-order valence-corrected chi connectivity index (χ2v) is 4.93. The summed E-state index contributed by atoms with van der Waals surface area (Å²) >= 11 is 0. The highest BCUT2D eigenvalue weighted by atomic mass is 16.6. The van der Waals surface area contributed by atoms with E-state index in [0.29, 0.717) is 5.69 Å². The fraction of sp³-hybridized carbons (Fsp3) is 0.333. The molecule has 1 atom stereocenters. The van der Waals surface area contributed by atoms with Crippen LogP contribution in [0.1, 0.15) is 17.3 Å². The van der Waals surface area contributed by atoms with Crippen LogP contribution in [0.15, 0.2) is 30.9 Å². The summed E-state index contributed by atoms with van der Waals surface area (Å²) in [6.45, 7) is 5.14. The summed E-state index contributed by atoms with van der Waals surface area (Å²) in [7, 11) is 3.39. The summed E-state index contributed by atoms with van der Waals surface area (Å²) < 4.78 is 5.09. The second-order valence-electron chi connectivity index (χ2n) is 4.93.